The van der Waals surface area contributed by atoms with E-state index >= 15 is 0 Å². The van der Waals surface area contributed by atoms with Crippen molar-refractivity contribution >= 4 is 17.7 Å². The molecule has 5 heteroatoms. The van der Waals surface area contributed by atoms with Crippen LogP contribution in [0.1, 0.15) is 32.8 Å². The van der Waals surface area contributed by atoms with Gasteiger partial charge in [-0.1, -0.05) is 12.1 Å². The molecule has 0 aliphatic rings. The fourth-order valence-corrected chi connectivity index (χ4v) is 1.56. The standard InChI is InChI=1S/C14H20N2O3/c1-14(2,3)16-13(19)15-11-6-4-5-10(9-11)7-8-12(17)18/h4-6,9H,7-8H2,1-3H3,(H,17,18)(H2,15,16,19). The van der Waals surface area contributed by atoms with Gasteiger partial charge in [0.2, 0.25) is 0 Å². The van der Waals surface area contributed by atoms with Crippen LogP contribution in [0.2, 0.25) is 0 Å². The van der Waals surface area contributed by atoms with Crippen LogP contribution in [0.3, 0.4) is 0 Å². The van der Waals surface area contributed by atoms with E-state index in [1.807, 2.05) is 26.8 Å². The smallest absolute Gasteiger partial charge is 0.319 e. The number of urea groups is 1. The summed E-state index contributed by atoms with van der Waals surface area (Å²) in [5.74, 6) is -0.830. The molecule has 1 aromatic carbocycles. The maximum absolute atomic E-state index is 11.7. The van der Waals surface area contributed by atoms with E-state index in [-0.39, 0.29) is 18.0 Å². The van der Waals surface area contributed by atoms with E-state index in [1.54, 1.807) is 18.2 Å². The Labute approximate surface area is 113 Å². The summed E-state index contributed by atoms with van der Waals surface area (Å²) in [7, 11) is 0. The lowest BCUT2D eigenvalue weighted by molar-refractivity contribution is -0.136. The minimum absolute atomic E-state index is 0.0810. The summed E-state index contributed by atoms with van der Waals surface area (Å²) in [4.78, 5) is 22.2. The molecule has 2 amide bonds. The normalized spacial score (nSPS) is 10.9. The summed E-state index contributed by atoms with van der Waals surface area (Å²) < 4.78 is 0. The predicted molar refractivity (Wildman–Crippen MR) is 74.3 cm³/mol. The van der Waals surface area contributed by atoms with Crippen LogP contribution in [0.15, 0.2) is 24.3 Å². The topological polar surface area (TPSA) is 78.4 Å². The van der Waals surface area contributed by atoms with E-state index in [2.05, 4.69) is 10.6 Å². The number of anilines is 1. The molecular formula is C14H20N2O3. The first-order valence-corrected chi connectivity index (χ1v) is 6.16. The summed E-state index contributed by atoms with van der Waals surface area (Å²) in [6.07, 6.45) is 0.531. The molecule has 0 unspecified atom stereocenters. The Morgan fingerprint density at radius 2 is 1.95 bits per heavy atom. The largest absolute Gasteiger partial charge is 0.481 e. The molecular weight excluding hydrogens is 244 g/mol. The van der Waals surface area contributed by atoms with Gasteiger partial charge in [0.15, 0.2) is 0 Å². The lowest BCUT2D eigenvalue weighted by atomic mass is 10.1. The number of nitrogens with one attached hydrogen (secondary N) is 2. The summed E-state index contributed by atoms with van der Waals surface area (Å²) in [5.41, 5.74) is 1.24. The van der Waals surface area contributed by atoms with Crippen molar-refractivity contribution in [3.05, 3.63) is 29.8 Å². The van der Waals surface area contributed by atoms with Crippen LogP contribution >= 0.6 is 0 Å². The van der Waals surface area contributed by atoms with Crippen LogP contribution < -0.4 is 10.6 Å². The first kappa shape index (κ1) is 15.0. The van der Waals surface area contributed by atoms with Crippen LogP contribution in [0.4, 0.5) is 10.5 Å². The van der Waals surface area contributed by atoms with Crippen molar-refractivity contribution in [1.29, 1.82) is 0 Å². The highest BCUT2D eigenvalue weighted by Crippen LogP contribution is 2.12. The number of carboxylic acids is 1. The Morgan fingerprint density at radius 1 is 1.26 bits per heavy atom. The van der Waals surface area contributed by atoms with E-state index in [9.17, 15) is 9.59 Å². The minimum atomic E-state index is -0.830. The highest BCUT2D eigenvalue weighted by Gasteiger charge is 2.13. The first-order chi connectivity index (χ1) is 8.76. The van der Waals surface area contributed by atoms with Crippen molar-refractivity contribution in [2.75, 3.05) is 5.32 Å². The molecule has 0 aromatic heterocycles. The molecule has 0 bridgehead atoms. The van der Waals surface area contributed by atoms with E-state index < -0.39 is 5.97 Å². The number of benzene rings is 1. The van der Waals surface area contributed by atoms with Gasteiger partial charge in [0.25, 0.3) is 0 Å². The summed E-state index contributed by atoms with van der Waals surface area (Å²) >= 11 is 0. The third-order valence-electron chi connectivity index (χ3n) is 2.30. The quantitative estimate of drug-likeness (QED) is 0.782. The van der Waals surface area contributed by atoms with Gasteiger partial charge in [-0.05, 0) is 44.9 Å². The molecule has 0 spiro atoms. The van der Waals surface area contributed by atoms with Crippen molar-refractivity contribution in [2.24, 2.45) is 0 Å². The zero-order valence-corrected chi connectivity index (χ0v) is 11.5. The third-order valence-corrected chi connectivity index (χ3v) is 2.30. The maximum Gasteiger partial charge on any atom is 0.319 e. The Balaban J connectivity index is 2.61. The second-order valence-electron chi connectivity index (χ2n) is 5.42. The van der Waals surface area contributed by atoms with Crippen LogP contribution in [0.25, 0.3) is 0 Å². The molecule has 0 heterocycles. The SMILES string of the molecule is CC(C)(C)NC(=O)Nc1cccc(CCC(=O)O)c1. The number of carbonyl (C=O) groups excluding carboxylic acids is 1. The van der Waals surface area contributed by atoms with Crippen LogP contribution in [0.5, 0.6) is 0 Å². The number of carbonyl (C=O) groups is 2. The van der Waals surface area contributed by atoms with E-state index in [1.165, 1.54) is 0 Å². The predicted octanol–water partition coefficient (Wildman–Crippen LogP) is 2.62. The van der Waals surface area contributed by atoms with Crippen molar-refractivity contribution in [1.82, 2.24) is 5.32 Å². The Bertz CT molecular complexity index is 464. The van der Waals surface area contributed by atoms with Gasteiger partial charge in [0.05, 0.1) is 0 Å². The lowest BCUT2D eigenvalue weighted by Crippen LogP contribution is -2.43. The Morgan fingerprint density at radius 3 is 2.53 bits per heavy atom. The van der Waals surface area contributed by atoms with Gasteiger partial charge < -0.3 is 15.7 Å². The zero-order valence-electron chi connectivity index (χ0n) is 11.5. The number of rotatable bonds is 4. The van der Waals surface area contributed by atoms with Crippen molar-refractivity contribution in [3.63, 3.8) is 0 Å². The average molecular weight is 264 g/mol. The molecule has 0 atom stereocenters. The summed E-state index contributed by atoms with van der Waals surface area (Å²) in [6.45, 7) is 5.70. The third kappa shape index (κ3) is 6.45. The molecule has 104 valence electrons. The van der Waals surface area contributed by atoms with Gasteiger partial charge in [0, 0.05) is 17.6 Å². The van der Waals surface area contributed by atoms with Gasteiger partial charge >= 0.3 is 12.0 Å². The molecule has 0 saturated carbocycles. The number of hydrogen-bond acceptors (Lipinski definition) is 2. The molecule has 5 nitrogen and oxygen atoms in total. The molecule has 0 aliphatic carbocycles. The van der Waals surface area contributed by atoms with E-state index in [0.717, 1.165) is 5.56 Å². The van der Waals surface area contributed by atoms with E-state index in [0.29, 0.717) is 12.1 Å². The fraction of sp³-hybridized carbons (Fsp3) is 0.429. The highest BCUT2D eigenvalue weighted by molar-refractivity contribution is 5.89. The highest BCUT2D eigenvalue weighted by atomic mass is 16.4. The van der Waals surface area contributed by atoms with Gasteiger partial charge in [-0.2, -0.15) is 0 Å². The van der Waals surface area contributed by atoms with Crippen molar-refractivity contribution in [2.45, 2.75) is 39.2 Å². The molecule has 0 saturated heterocycles. The average Bonchev–Trinajstić information content (AvgIpc) is 2.24. The van der Waals surface area contributed by atoms with Crippen molar-refractivity contribution in [3.8, 4) is 0 Å². The Kier molecular flexibility index (Phi) is 4.92. The van der Waals surface area contributed by atoms with Crippen LogP contribution in [-0.2, 0) is 11.2 Å². The zero-order chi connectivity index (χ0) is 14.5. The Hall–Kier alpha value is -2.04. The number of aliphatic carboxylic acids is 1. The second kappa shape index (κ2) is 6.22. The number of amides is 2. The molecule has 0 aliphatic heterocycles. The second-order valence-corrected chi connectivity index (χ2v) is 5.42. The molecule has 1 aromatic rings. The molecule has 3 N–H and O–H groups in total. The molecule has 19 heavy (non-hydrogen) atoms. The van der Waals surface area contributed by atoms with Crippen LogP contribution in [0, 0.1) is 0 Å². The number of hydrogen-bond donors (Lipinski definition) is 3. The lowest BCUT2D eigenvalue weighted by Gasteiger charge is -2.20. The molecule has 0 fully saturated rings. The minimum Gasteiger partial charge on any atom is -0.481 e. The van der Waals surface area contributed by atoms with E-state index in [4.69, 9.17) is 5.11 Å². The molecule has 1 rings (SSSR count). The van der Waals surface area contributed by atoms with Crippen molar-refractivity contribution < 1.29 is 14.7 Å². The van der Waals surface area contributed by atoms with Crippen LogP contribution in [-0.4, -0.2) is 22.6 Å². The first-order valence-electron chi connectivity index (χ1n) is 6.16. The molecule has 0 radical (unpaired) electrons. The van der Waals surface area contributed by atoms with Gasteiger partial charge in [-0.25, -0.2) is 4.79 Å². The van der Waals surface area contributed by atoms with Gasteiger partial charge in [-0.15, -0.1) is 0 Å². The summed E-state index contributed by atoms with van der Waals surface area (Å²) in [6, 6.07) is 6.92. The van der Waals surface area contributed by atoms with Gasteiger partial charge in [0.1, 0.15) is 0 Å². The summed E-state index contributed by atoms with van der Waals surface area (Å²) in [5, 5.41) is 14.2. The monoisotopic (exact) mass is 264 g/mol. The maximum atomic E-state index is 11.7. The fourth-order valence-electron chi connectivity index (χ4n) is 1.56. The number of aryl methyl sites for hydroxylation is 1. The van der Waals surface area contributed by atoms with Gasteiger partial charge in [-0.3, -0.25) is 4.79 Å². The number of carboxylic acid groups (broad SMARTS) is 1.